The molecule has 0 amide bonds. The second-order valence-corrected chi connectivity index (χ2v) is 5.64. The summed E-state index contributed by atoms with van der Waals surface area (Å²) >= 11 is 5.33. The van der Waals surface area contributed by atoms with E-state index in [1.165, 1.54) is 18.5 Å². The summed E-state index contributed by atoms with van der Waals surface area (Å²) in [7, 11) is 0. The number of hydrogen-bond acceptors (Lipinski definition) is 2. The molecule has 0 saturated heterocycles. The van der Waals surface area contributed by atoms with Gasteiger partial charge in [0.1, 0.15) is 0 Å². The molecule has 0 heterocycles. The summed E-state index contributed by atoms with van der Waals surface area (Å²) in [6.45, 7) is 4.15. The number of hydrogen-bond donors (Lipinski definition) is 0. The van der Waals surface area contributed by atoms with E-state index < -0.39 is 0 Å². The zero-order valence-electron chi connectivity index (χ0n) is 8.43. The van der Waals surface area contributed by atoms with Crippen molar-refractivity contribution in [3.8, 4) is 0 Å². The zero-order chi connectivity index (χ0) is 9.90. The number of aliphatic imine (C=N–C) groups is 1. The first kappa shape index (κ1) is 11.3. The van der Waals surface area contributed by atoms with Crippen LogP contribution in [0.15, 0.2) is 16.8 Å². The van der Waals surface area contributed by atoms with Crippen molar-refractivity contribution in [1.29, 1.82) is 0 Å². The average molecular weight is 262 g/mol. The van der Waals surface area contributed by atoms with Gasteiger partial charge in [-0.05, 0) is 48.4 Å². The fraction of sp³-hybridized carbons (Fsp3) is 0.700. The lowest BCUT2D eigenvalue weighted by Gasteiger charge is -2.12. The second-order valence-electron chi connectivity index (χ2n) is 3.30. The predicted molar refractivity (Wildman–Crippen MR) is 65.9 cm³/mol. The molecule has 0 atom stereocenters. The van der Waals surface area contributed by atoms with Crippen LogP contribution in [0.4, 0.5) is 0 Å². The van der Waals surface area contributed by atoms with Gasteiger partial charge in [-0.1, -0.05) is 13.0 Å². The van der Waals surface area contributed by atoms with Crippen molar-refractivity contribution < 1.29 is 0 Å². The lowest BCUT2D eigenvalue weighted by Crippen LogP contribution is -2.05. The molecule has 0 radical (unpaired) electrons. The maximum absolute atomic E-state index is 4.55. The van der Waals surface area contributed by atoms with Crippen LogP contribution in [0.25, 0.3) is 0 Å². The first-order chi connectivity index (χ1) is 6.14. The monoisotopic (exact) mass is 261 g/mol. The normalized spacial score (nSPS) is 21.8. The van der Waals surface area contributed by atoms with Gasteiger partial charge in [0.15, 0.2) is 0 Å². The van der Waals surface area contributed by atoms with Gasteiger partial charge >= 0.3 is 0 Å². The summed E-state index contributed by atoms with van der Waals surface area (Å²) in [5.41, 5.74) is 1.26. The van der Waals surface area contributed by atoms with Crippen molar-refractivity contribution in [2.45, 2.75) is 37.9 Å². The van der Waals surface area contributed by atoms with E-state index in [1.807, 2.05) is 18.7 Å². The third-order valence-electron chi connectivity index (χ3n) is 2.23. The molecule has 0 aliphatic heterocycles. The summed E-state index contributed by atoms with van der Waals surface area (Å²) in [5, 5.41) is 0. The number of rotatable bonds is 4. The smallest absolute Gasteiger partial charge is 0.0802 e. The highest BCUT2D eigenvalue weighted by molar-refractivity contribution is 9.18. The molecule has 0 unspecified atom stereocenters. The van der Waals surface area contributed by atoms with E-state index in [1.54, 1.807) is 0 Å². The molecule has 1 fully saturated rings. The molecule has 1 saturated carbocycles. The maximum Gasteiger partial charge on any atom is 0.0802 e. The van der Waals surface area contributed by atoms with Crippen molar-refractivity contribution in [2.75, 3.05) is 6.26 Å². The van der Waals surface area contributed by atoms with E-state index in [0.29, 0.717) is 4.75 Å². The molecule has 13 heavy (non-hydrogen) atoms. The van der Waals surface area contributed by atoms with Gasteiger partial charge in [0.25, 0.3) is 0 Å². The minimum absolute atomic E-state index is 0.352. The highest BCUT2D eigenvalue weighted by Gasteiger charge is 2.45. The lowest BCUT2D eigenvalue weighted by molar-refractivity contribution is 1.01. The molecule has 0 aromatic rings. The van der Waals surface area contributed by atoms with Gasteiger partial charge < -0.3 is 0 Å². The molecule has 74 valence electrons. The Balaban J connectivity index is 2.81. The summed E-state index contributed by atoms with van der Waals surface area (Å²) in [4.78, 5) is 4.55. The Kier molecular flexibility index (Phi) is 4.05. The minimum Gasteiger partial charge on any atom is -0.250 e. The van der Waals surface area contributed by atoms with Crippen LogP contribution in [0.2, 0.25) is 0 Å². The highest BCUT2D eigenvalue weighted by Crippen LogP contribution is 2.53. The first-order valence-corrected chi connectivity index (χ1v) is 6.63. The fourth-order valence-corrected chi connectivity index (χ4v) is 2.41. The molecule has 1 aliphatic carbocycles. The first-order valence-electron chi connectivity index (χ1n) is 4.61. The Morgan fingerprint density at radius 1 is 1.62 bits per heavy atom. The van der Waals surface area contributed by atoms with Crippen molar-refractivity contribution in [1.82, 2.24) is 0 Å². The second kappa shape index (κ2) is 4.65. The molecule has 0 N–H and O–H groups in total. The molecule has 1 rings (SSSR count). The van der Waals surface area contributed by atoms with Crippen LogP contribution in [0.5, 0.6) is 0 Å². The van der Waals surface area contributed by atoms with Crippen molar-refractivity contribution >= 4 is 32.3 Å². The lowest BCUT2D eigenvalue weighted by atomic mass is 10.2. The number of allylic oxidation sites excluding steroid dienone is 1. The van der Waals surface area contributed by atoms with Crippen molar-refractivity contribution in [3.63, 3.8) is 0 Å². The fourth-order valence-electron chi connectivity index (χ4n) is 1.37. The molecule has 0 aromatic heterocycles. The average Bonchev–Trinajstić information content (AvgIpc) is 2.83. The van der Waals surface area contributed by atoms with Crippen LogP contribution in [0.1, 0.15) is 33.1 Å². The Hall–Kier alpha value is 0.240. The van der Waals surface area contributed by atoms with Crippen LogP contribution in [-0.2, 0) is 0 Å². The van der Waals surface area contributed by atoms with Crippen molar-refractivity contribution in [2.24, 2.45) is 4.99 Å². The number of nitrogens with zero attached hydrogens (tertiary/aromatic N) is 1. The summed E-state index contributed by atoms with van der Waals surface area (Å²) in [5.74, 6) is 0. The Morgan fingerprint density at radius 2 is 2.23 bits per heavy atom. The van der Waals surface area contributed by atoms with Crippen LogP contribution in [0.3, 0.4) is 0 Å². The third kappa shape index (κ3) is 2.84. The minimum atomic E-state index is 0.352. The molecule has 0 aromatic carbocycles. The molecule has 1 nitrogen and oxygen atoms in total. The van der Waals surface area contributed by atoms with E-state index in [9.17, 15) is 0 Å². The molecular weight excluding hydrogens is 246 g/mol. The van der Waals surface area contributed by atoms with E-state index >= 15 is 0 Å². The van der Waals surface area contributed by atoms with Gasteiger partial charge in [0.05, 0.1) is 15.1 Å². The van der Waals surface area contributed by atoms with E-state index in [0.717, 1.165) is 11.0 Å². The Bertz CT molecular complexity index is 237. The highest BCUT2D eigenvalue weighted by atomic mass is 79.9. The molecule has 0 bridgehead atoms. The summed E-state index contributed by atoms with van der Waals surface area (Å²) in [6, 6.07) is 0. The number of thioether (sulfide) groups is 1. The van der Waals surface area contributed by atoms with E-state index in [-0.39, 0.29) is 0 Å². The Labute approximate surface area is 93.2 Å². The Morgan fingerprint density at radius 3 is 2.54 bits per heavy atom. The molecule has 3 heteroatoms. The summed E-state index contributed by atoms with van der Waals surface area (Å²) < 4.78 is 1.33. The van der Waals surface area contributed by atoms with Gasteiger partial charge in [-0.25, -0.2) is 4.99 Å². The molecular formula is C10H16BrNS. The number of halogens is 1. The van der Waals surface area contributed by atoms with Crippen LogP contribution < -0.4 is 0 Å². The van der Waals surface area contributed by atoms with E-state index in [2.05, 4.69) is 40.2 Å². The predicted octanol–water partition coefficient (Wildman–Crippen LogP) is 3.99. The largest absolute Gasteiger partial charge is 0.250 e. The topological polar surface area (TPSA) is 12.4 Å². The van der Waals surface area contributed by atoms with Gasteiger partial charge in [0.2, 0.25) is 0 Å². The molecule has 1 aliphatic rings. The maximum atomic E-state index is 4.55. The SMILES string of the molecule is CC/C=C(\N=C(C)Br)C1(SC)CC1. The van der Waals surface area contributed by atoms with E-state index in [4.69, 9.17) is 0 Å². The third-order valence-corrected chi connectivity index (χ3v) is 3.81. The van der Waals surface area contributed by atoms with Gasteiger partial charge in [-0.3, -0.25) is 0 Å². The standard InChI is InChI=1S/C10H16BrNS/c1-4-5-9(12-8(2)11)10(13-3)6-7-10/h5H,4,6-7H2,1-3H3/b9-5-,12-8?. The van der Waals surface area contributed by atoms with Gasteiger partial charge in [-0.2, -0.15) is 11.8 Å². The zero-order valence-corrected chi connectivity index (χ0v) is 10.8. The van der Waals surface area contributed by atoms with Crippen LogP contribution >= 0.6 is 27.7 Å². The van der Waals surface area contributed by atoms with Crippen molar-refractivity contribution in [3.05, 3.63) is 11.8 Å². The molecule has 0 spiro atoms. The quantitative estimate of drug-likeness (QED) is 0.698. The van der Waals surface area contributed by atoms with Crippen LogP contribution in [-0.4, -0.2) is 15.6 Å². The summed E-state index contributed by atoms with van der Waals surface area (Å²) in [6.07, 6.45) is 8.05. The van der Waals surface area contributed by atoms with Gasteiger partial charge in [-0.15, -0.1) is 0 Å². The van der Waals surface area contributed by atoms with Gasteiger partial charge in [0, 0.05) is 0 Å². The van der Waals surface area contributed by atoms with Crippen LogP contribution in [0, 0.1) is 0 Å².